The summed E-state index contributed by atoms with van der Waals surface area (Å²) in [6, 6.07) is 7.69. The first kappa shape index (κ1) is 18.0. The number of nitrogens with zero attached hydrogens (tertiary/aromatic N) is 5. The van der Waals surface area contributed by atoms with Crippen molar-refractivity contribution in [1.29, 1.82) is 0 Å². The molecule has 2 amide bonds. The second-order valence-electron chi connectivity index (χ2n) is 7.92. The van der Waals surface area contributed by atoms with E-state index in [4.69, 9.17) is 0 Å². The number of amides is 2. The van der Waals surface area contributed by atoms with E-state index in [1.807, 2.05) is 45.3 Å². The maximum Gasteiger partial charge on any atom is 0.326 e. The zero-order valence-corrected chi connectivity index (χ0v) is 16.5. The summed E-state index contributed by atoms with van der Waals surface area (Å²) in [7, 11) is 0. The Morgan fingerprint density at radius 1 is 1.17 bits per heavy atom. The van der Waals surface area contributed by atoms with Crippen molar-refractivity contribution in [2.45, 2.75) is 51.2 Å². The summed E-state index contributed by atoms with van der Waals surface area (Å²) in [6.07, 6.45) is 3.38. The second kappa shape index (κ2) is 7.06. The van der Waals surface area contributed by atoms with Gasteiger partial charge in [0.1, 0.15) is 11.6 Å². The SMILES string of the molecule is Cc1nc2n(n1)CCCC2NC(=O)N1CCC(n2c(=O)[nH]c3ccccc32)CC1. The van der Waals surface area contributed by atoms with Crippen LogP contribution in [0.25, 0.3) is 11.0 Å². The number of carbonyl (C=O) groups excluding carboxylic acids is 1. The van der Waals surface area contributed by atoms with Crippen molar-refractivity contribution in [2.75, 3.05) is 13.1 Å². The highest BCUT2D eigenvalue weighted by atomic mass is 16.2. The Hall–Kier alpha value is -3.10. The quantitative estimate of drug-likeness (QED) is 0.694. The van der Waals surface area contributed by atoms with Crippen molar-refractivity contribution in [3.05, 3.63) is 46.4 Å². The average Bonchev–Trinajstić information content (AvgIpc) is 3.27. The monoisotopic (exact) mass is 395 g/mol. The summed E-state index contributed by atoms with van der Waals surface area (Å²) in [5.41, 5.74) is 1.71. The molecule has 4 heterocycles. The van der Waals surface area contributed by atoms with Crippen LogP contribution in [0, 0.1) is 6.92 Å². The van der Waals surface area contributed by atoms with Gasteiger partial charge in [-0.1, -0.05) is 12.1 Å². The molecule has 0 aliphatic carbocycles. The van der Waals surface area contributed by atoms with Crippen molar-refractivity contribution in [1.82, 2.24) is 34.5 Å². The molecule has 2 aliphatic rings. The van der Waals surface area contributed by atoms with Crippen molar-refractivity contribution in [3.8, 4) is 0 Å². The standard InChI is InChI=1S/C20H25N7O2/c1-13-21-18-16(6-4-10-26(18)24-13)23-19(28)25-11-8-14(9-12-25)27-17-7-3-2-5-15(17)22-20(27)29/h2-3,5,7,14,16H,4,6,8-12H2,1H3,(H,22,29)(H,23,28). The van der Waals surface area contributed by atoms with Crippen molar-refractivity contribution in [3.63, 3.8) is 0 Å². The van der Waals surface area contributed by atoms with Gasteiger partial charge in [0.2, 0.25) is 0 Å². The van der Waals surface area contributed by atoms with E-state index in [-0.39, 0.29) is 23.8 Å². The summed E-state index contributed by atoms with van der Waals surface area (Å²) in [5, 5.41) is 7.54. The van der Waals surface area contributed by atoms with Crippen LogP contribution in [-0.2, 0) is 6.54 Å². The molecule has 1 atom stereocenters. The molecule has 0 radical (unpaired) electrons. The minimum Gasteiger partial charge on any atom is -0.328 e. The fraction of sp³-hybridized carbons (Fsp3) is 0.500. The molecule has 2 aliphatic heterocycles. The Morgan fingerprint density at radius 3 is 2.79 bits per heavy atom. The highest BCUT2D eigenvalue weighted by Gasteiger charge is 2.30. The van der Waals surface area contributed by atoms with Gasteiger partial charge in [-0.3, -0.25) is 4.57 Å². The molecule has 9 nitrogen and oxygen atoms in total. The number of imidazole rings is 1. The first-order valence-corrected chi connectivity index (χ1v) is 10.3. The van der Waals surface area contributed by atoms with Gasteiger partial charge < -0.3 is 15.2 Å². The molecule has 152 valence electrons. The predicted molar refractivity (Wildman–Crippen MR) is 108 cm³/mol. The van der Waals surface area contributed by atoms with Crippen LogP contribution in [0.4, 0.5) is 4.79 Å². The van der Waals surface area contributed by atoms with E-state index in [0.717, 1.165) is 54.9 Å². The Labute approximate surface area is 167 Å². The number of para-hydroxylation sites is 2. The smallest absolute Gasteiger partial charge is 0.326 e. The molecule has 9 heteroatoms. The number of rotatable bonds is 2. The maximum atomic E-state index is 12.8. The first-order valence-electron chi connectivity index (χ1n) is 10.3. The molecule has 2 N–H and O–H groups in total. The lowest BCUT2D eigenvalue weighted by Gasteiger charge is -2.34. The molecule has 1 fully saturated rings. The molecule has 0 saturated carbocycles. The number of benzene rings is 1. The molecule has 1 unspecified atom stereocenters. The minimum atomic E-state index is -0.0913. The van der Waals surface area contributed by atoms with E-state index < -0.39 is 0 Å². The van der Waals surface area contributed by atoms with Crippen LogP contribution in [0.15, 0.2) is 29.1 Å². The van der Waals surface area contributed by atoms with Crippen LogP contribution >= 0.6 is 0 Å². The number of hydrogen-bond acceptors (Lipinski definition) is 4. The van der Waals surface area contributed by atoms with Crippen LogP contribution in [0.5, 0.6) is 0 Å². The third-order valence-corrected chi connectivity index (χ3v) is 6.02. The fourth-order valence-electron chi connectivity index (χ4n) is 4.61. The Morgan fingerprint density at radius 2 is 1.97 bits per heavy atom. The predicted octanol–water partition coefficient (Wildman–Crippen LogP) is 2.11. The number of H-pyrrole nitrogens is 1. The lowest BCUT2D eigenvalue weighted by Crippen LogP contribution is -2.47. The van der Waals surface area contributed by atoms with E-state index in [1.54, 1.807) is 0 Å². The van der Waals surface area contributed by atoms with E-state index in [2.05, 4.69) is 20.4 Å². The van der Waals surface area contributed by atoms with Crippen LogP contribution < -0.4 is 11.0 Å². The van der Waals surface area contributed by atoms with E-state index in [9.17, 15) is 9.59 Å². The molecule has 29 heavy (non-hydrogen) atoms. The number of aromatic amines is 1. The molecule has 2 aromatic heterocycles. The topological polar surface area (TPSA) is 101 Å². The zero-order chi connectivity index (χ0) is 20.0. The van der Waals surface area contributed by atoms with Crippen LogP contribution in [0.1, 0.15) is 49.4 Å². The number of urea groups is 1. The lowest BCUT2D eigenvalue weighted by molar-refractivity contribution is 0.165. The van der Waals surface area contributed by atoms with Gasteiger partial charge in [-0.25, -0.2) is 19.3 Å². The van der Waals surface area contributed by atoms with Crippen LogP contribution in [0.2, 0.25) is 0 Å². The van der Waals surface area contributed by atoms with Crippen molar-refractivity contribution >= 4 is 17.1 Å². The van der Waals surface area contributed by atoms with Gasteiger partial charge in [0, 0.05) is 25.7 Å². The second-order valence-corrected chi connectivity index (χ2v) is 7.92. The third-order valence-electron chi connectivity index (χ3n) is 6.02. The van der Waals surface area contributed by atoms with Gasteiger partial charge >= 0.3 is 11.7 Å². The number of piperidine rings is 1. The molecule has 1 aromatic carbocycles. The summed E-state index contributed by atoms with van der Waals surface area (Å²) in [6.45, 7) is 3.98. The summed E-state index contributed by atoms with van der Waals surface area (Å²) < 4.78 is 3.75. The van der Waals surface area contributed by atoms with Crippen LogP contribution in [0.3, 0.4) is 0 Å². The first-order chi connectivity index (χ1) is 14.1. The summed E-state index contributed by atoms with van der Waals surface area (Å²) in [5.74, 6) is 1.59. The molecule has 5 rings (SSSR count). The molecular formula is C20H25N7O2. The van der Waals surface area contributed by atoms with Crippen molar-refractivity contribution in [2.24, 2.45) is 0 Å². The van der Waals surface area contributed by atoms with Gasteiger partial charge in [-0.05, 0) is 44.7 Å². The number of nitrogens with one attached hydrogen (secondary N) is 2. The highest BCUT2D eigenvalue weighted by molar-refractivity contribution is 5.76. The molecule has 3 aromatic rings. The number of likely N-dealkylation sites (tertiary alicyclic amines) is 1. The van der Waals surface area contributed by atoms with Gasteiger partial charge in [0.15, 0.2) is 0 Å². The van der Waals surface area contributed by atoms with E-state index in [0.29, 0.717) is 13.1 Å². The van der Waals surface area contributed by atoms with Gasteiger partial charge in [0.05, 0.1) is 17.1 Å². The maximum absolute atomic E-state index is 12.8. The normalized spacial score (nSPS) is 20.0. The Bertz CT molecular complexity index is 1100. The Balaban J connectivity index is 1.26. The molecule has 0 bridgehead atoms. The molecule has 1 saturated heterocycles. The van der Waals surface area contributed by atoms with Crippen molar-refractivity contribution < 1.29 is 4.79 Å². The minimum absolute atomic E-state index is 0.0613. The summed E-state index contributed by atoms with van der Waals surface area (Å²) in [4.78, 5) is 34.5. The number of aryl methyl sites for hydroxylation is 2. The summed E-state index contributed by atoms with van der Waals surface area (Å²) >= 11 is 0. The van der Waals surface area contributed by atoms with Crippen LogP contribution in [-0.4, -0.2) is 48.3 Å². The number of aromatic nitrogens is 5. The number of fused-ring (bicyclic) bond motifs is 2. The largest absolute Gasteiger partial charge is 0.328 e. The zero-order valence-electron chi connectivity index (χ0n) is 16.5. The Kier molecular flexibility index (Phi) is 4.37. The fourth-order valence-corrected chi connectivity index (χ4v) is 4.61. The van der Waals surface area contributed by atoms with Gasteiger partial charge in [-0.15, -0.1) is 0 Å². The molecular weight excluding hydrogens is 370 g/mol. The highest BCUT2D eigenvalue weighted by Crippen LogP contribution is 2.26. The third kappa shape index (κ3) is 3.20. The van der Waals surface area contributed by atoms with E-state index >= 15 is 0 Å². The van der Waals surface area contributed by atoms with E-state index in [1.165, 1.54) is 0 Å². The number of carbonyl (C=O) groups is 1. The van der Waals surface area contributed by atoms with Gasteiger partial charge in [-0.2, -0.15) is 5.10 Å². The lowest BCUT2D eigenvalue weighted by atomic mass is 10.0. The average molecular weight is 395 g/mol. The van der Waals surface area contributed by atoms with Gasteiger partial charge in [0.25, 0.3) is 0 Å². The number of hydrogen-bond donors (Lipinski definition) is 2. The molecule has 0 spiro atoms.